The van der Waals surface area contributed by atoms with Crippen LogP contribution in [0.15, 0.2) is 85.1 Å². The molecule has 0 saturated heterocycles. The summed E-state index contributed by atoms with van der Waals surface area (Å²) in [6, 6.07) is -0.855. The molecule has 0 fully saturated rings. The molecule has 76 heavy (non-hydrogen) atoms. The molecule has 0 radical (unpaired) electrons. The minimum absolute atomic E-state index is 0.0358. The summed E-state index contributed by atoms with van der Waals surface area (Å²) in [6.07, 6.45) is 73.0. The molecule has 2 N–H and O–H groups in total. The Kier molecular flexibility index (Phi) is 53.5. The Morgan fingerprint density at radius 3 is 1.32 bits per heavy atom. The number of phosphoric ester groups is 1. The number of nitrogens with zero attached hydrogens (tertiary/aromatic N) is 1. The number of phosphoric acid groups is 1. The summed E-state index contributed by atoms with van der Waals surface area (Å²) < 4.78 is 30.6. The van der Waals surface area contributed by atoms with E-state index in [4.69, 9.17) is 13.8 Å². The van der Waals surface area contributed by atoms with Crippen LogP contribution in [0.1, 0.15) is 271 Å². The van der Waals surface area contributed by atoms with E-state index in [0.717, 1.165) is 116 Å². The lowest BCUT2D eigenvalue weighted by molar-refractivity contribution is -0.870. The Labute approximate surface area is 469 Å². The van der Waals surface area contributed by atoms with E-state index in [1.54, 1.807) is 0 Å². The fourth-order valence-electron chi connectivity index (χ4n) is 8.71. The fourth-order valence-corrected chi connectivity index (χ4v) is 9.45. The molecule has 0 bridgehead atoms. The Morgan fingerprint density at radius 2 is 0.855 bits per heavy atom. The molecule has 440 valence electrons. The van der Waals surface area contributed by atoms with Gasteiger partial charge in [0.15, 0.2) is 0 Å². The van der Waals surface area contributed by atoms with Crippen molar-refractivity contribution in [2.75, 3.05) is 40.9 Å². The van der Waals surface area contributed by atoms with Gasteiger partial charge in [0.1, 0.15) is 19.3 Å². The van der Waals surface area contributed by atoms with Crippen LogP contribution in [-0.4, -0.2) is 74.3 Å². The second kappa shape index (κ2) is 55.5. The quantitative estimate of drug-likeness (QED) is 0.0205. The summed E-state index contributed by atoms with van der Waals surface area (Å²) in [5, 5.41) is 3.05. The van der Waals surface area contributed by atoms with Crippen LogP contribution in [0, 0.1) is 0 Å². The maximum atomic E-state index is 13.5. The number of esters is 1. The van der Waals surface area contributed by atoms with E-state index < -0.39 is 20.0 Å². The van der Waals surface area contributed by atoms with Crippen molar-refractivity contribution in [2.24, 2.45) is 0 Å². The van der Waals surface area contributed by atoms with Crippen LogP contribution < -0.4 is 5.32 Å². The summed E-state index contributed by atoms with van der Waals surface area (Å²) in [5.41, 5.74) is 0. The first kappa shape index (κ1) is 73.2. The standard InChI is InChI=1S/C66H119N2O7P/c1-7-10-13-16-19-22-25-27-28-29-30-31-32-33-34-35-36-37-38-39-40-41-44-46-49-52-55-58-65(69)67-63(62-74-76(71,72)73-61-60-68(4,5)6)64(57-54-51-48-45-43-26-23-20-17-14-11-8-2)75-66(70)59-56-53-50-47-42-24-21-18-15-12-9-3/h10,13,18-19,21-22,27-28,30-31,33-34,54,57,63-64H,7-9,11-12,14-17,20,23-26,29,32,35-53,55-56,58-62H2,1-6H3,(H-,67,69,71,72)/p+1/b13-10-,21-18-,22-19-,28-27-,31-30-,34-33-,57-54-. The highest BCUT2D eigenvalue weighted by Crippen LogP contribution is 2.43. The largest absolute Gasteiger partial charge is 0.472 e. The lowest BCUT2D eigenvalue weighted by Gasteiger charge is -2.27. The van der Waals surface area contributed by atoms with Crippen molar-refractivity contribution >= 4 is 19.7 Å². The van der Waals surface area contributed by atoms with Crippen molar-refractivity contribution in [3.63, 3.8) is 0 Å². The highest BCUT2D eigenvalue weighted by Gasteiger charge is 2.30. The molecule has 0 aliphatic rings. The molecule has 0 aliphatic heterocycles. The first-order valence-electron chi connectivity index (χ1n) is 31.4. The van der Waals surface area contributed by atoms with Gasteiger partial charge >= 0.3 is 13.8 Å². The number of rotatable bonds is 56. The number of hydrogen-bond donors (Lipinski definition) is 2. The number of likely N-dealkylation sites (N-methyl/N-ethyl adjacent to an activating group) is 1. The van der Waals surface area contributed by atoms with E-state index in [-0.39, 0.29) is 31.5 Å². The molecule has 0 heterocycles. The SMILES string of the molecule is CC/C=C\C/C=C\C/C=C\C/C=C\C/C=C\CCCCCCCCCCCCCC(=O)NC(COP(=O)(O)OCC[N+](C)(C)C)C(/C=C\CCCCCCCCCCCC)OC(=O)CCCCCCC/C=C\CCCC. The van der Waals surface area contributed by atoms with Crippen molar-refractivity contribution < 1.29 is 37.3 Å². The summed E-state index contributed by atoms with van der Waals surface area (Å²) in [5.74, 6) is -0.520. The Balaban J connectivity index is 5.05. The van der Waals surface area contributed by atoms with Crippen molar-refractivity contribution in [3.8, 4) is 0 Å². The van der Waals surface area contributed by atoms with Gasteiger partial charge in [-0.15, -0.1) is 0 Å². The number of hydrogen-bond acceptors (Lipinski definition) is 6. The van der Waals surface area contributed by atoms with Crippen molar-refractivity contribution in [3.05, 3.63) is 85.1 Å². The molecular weight excluding hydrogens is 964 g/mol. The molecule has 3 unspecified atom stereocenters. The molecule has 0 spiro atoms. The van der Waals surface area contributed by atoms with E-state index in [9.17, 15) is 19.0 Å². The van der Waals surface area contributed by atoms with Gasteiger partial charge in [-0.25, -0.2) is 4.57 Å². The number of ether oxygens (including phenoxy) is 1. The minimum atomic E-state index is -4.45. The summed E-state index contributed by atoms with van der Waals surface area (Å²) in [7, 11) is 1.48. The number of allylic oxidation sites excluding steroid dienone is 13. The van der Waals surface area contributed by atoms with E-state index in [1.165, 1.54) is 122 Å². The van der Waals surface area contributed by atoms with E-state index in [0.29, 0.717) is 17.4 Å². The summed E-state index contributed by atoms with van der Waals surface area (Å²) >= 11 is 0. The van der Waals surface area contributed by atoms with Gasteiger partial charge in [-0.3, -0.25) is 18.6 Å². The van der Waals surface area contributed by atoms with Crippen LogP contribution >= 0.6 is 7.82 Å². The van der Waals surface area contributed by atoms with Gasteiger partial charge in [-0.1, -0.05) is 247 Å². The molecule has 10 heteroatoms. The minimum Gasteiger partial charge on any atom is -0.456 e. The van der Waals surface area contributed by atoms with Gasteiger partial charge < -0.3 is 19.4 Å². The zero-order valence-corrected chi connectivity index (χ0v) is 51.1. The Hall–Kier alpha value is -2.81. The molecule has 0 aromatic heterocycles. The smallest absolute Gasteiger partial charge is 0.456 e. The molecule has 1 amide bonds. The predicted molar refractivity (Wildman–Crippen MR) is 328 cm³/mol. The van der Waals surface area contributed by atoms with Gasteiger partial charge in [0.05, 0.1) is 33.8 Å². The lowest BCUT2D eigenvalue weighted by atomic mass is 10.0. The second-order valence-corrected chi connectivity index (χ2v) is 23.6. The average molecular weight is 1080 g/mol. The molecule has 0 aromatic carbocycles. The van der Waals surface area contributed by atoms with Crippen molar-refractivity contribution in [1.82, 2.24) is 5.32 Å². The average Bonchev–Trinajstić information content (AvgIpc) is 3.38. The lowest BCUT2D eigenvalue weighted by Crippen LogP contribution is -2.47. The number of carbonyl (C=O) groups is 2. The predicted octanol–water partition coefficient (Wildman–Crippen LogP) is 19.4. The van der Waals surface area contributed by atoms with Gasteiger partial charge in [0.25, 0.3) is 0 Å². The monoisotopic (exact) mass is 1080 g/mol. The normalized spacial score (nSPS) is 14.2. The molecule has 0 saturated carbocycles. The van der Waals surface area contributed by atoms with Crippen LogP contribution in [0.5, 0.6) is 0 Å². The molecule has 9 nitrogen and oxygen atoms in total. The van der Waals surface area contributed by atoms with E-state index in [1.807, 2.05) is 33.3 Å². The van der Waals surface area contributed by atoms with E-state index >= 15 is 0 Å². The van der Waals surface area contributed by atoms with Gasteiger partial charge in [0, 0.05) is 12.8 Å². The molecule has 0 aliphatic carbocycles. The van der Waals surface area contributed by atoms with Gasteiger partial charge in [-0.2, -0.15) is 0 Å². The number of unbranched alkanes of at least 4 members (excludes halogenated alkanes) is 28. The molecular formula is C66H120N2O7P+. The molecule has 0 aromatic rings. The van der Waals surface area contributed by atoms with Crippen molar-refractivity contribution in [2.45, 2.75) is 283 Å². The maximum Gasteiger partial charge on any atom is 0.472 e. The van der Waals surface area contributed by atoms with Crippen LogP contribution in [-0.2, 0) is 27.9 Å². The summed E-state index contributed by atoms with van der Waals surface area (Å²) in [6.45, 7) is 6.85. The number of amides is 1. The fraction of sp³-hybridized carbons (Fsp3) is 0.758. The zero-order chi connectivity index (χ0) is 55.7. The first-order valence-corrected chi connectivity index (χ1v) is 32.9. The number of nitrogens with one attached hydrogen (secondary N) is 1. The van der Waals surface area contributed by atoms with Crippen LogP contribution in [0.3, 0.4) is 0 Å². The maximum absolute atomic E-state index is 13.5. The highest BCUT2D eigenvalue weighted by atomic mass is 31.2. The number of quaternary nitrogens is 1. The Bertz CT molecular complexity index is 1580. The second-order valence-electron chi connectivity index (χ2n) is 22.2. The molecule has 0 rings (SSSR count). The van der Waals surface area contributed by atoms with Gasteiger partial charge in [0.2, 0.25) is 5.91 Å². The topological polar surface area (TPSA) is 111 Å². The third kappa shape index (κ3) is 55.9. The van der Waals surface area contributed by atoms with Crippen LogP contribution in [0.2, 0.25) is 0 Å². The van der Waals surface area contributed by atoms with Crippen LogP contribution in [0.4, 0.5) is 0 Å². The number of carbonyl (C=O) groups excluding carboxylic acids is 2. The van der Waals surface area contributed by atoms with E-state index in [2.05, 4.69) is 99.0 Å². The van der Waals surface area contributed by atoms with Gasteiger partial charge in [-0.05, 0) is 96.0 Å². The summed E-state index contributed by atoms with van der Waals surface area (Å²) in [4.78, 5) is 37.6. The Morgan fingerprint density at radius 1 is 0.474 bits per heavy atom. The third-order valence-corrected chi connectivity index (χ3v) is 14.6. The first-order chi connectivity index (χ1) is 36.9. The zero-order valence-electron chi connectivity index (χ0n) is 50.2. The van der Waals surface area contributed by atoms with Crippen LogP contribution in [0.25, 0.3) is 0 Å². The third-order valence-electron chi connectivity index (χ3n) is 13.6. The van der Waals surface area contributed by atoms with Crippen molar-refractivity contribution in [1.29, 1.82) is 0 Å². The highest BCUT2D eigenvalue weighted by molar-refractivity contribution is 7.47. The molecule has 3 atom stereocenters.